The van der Waals surface area contributed by atoms with Crippen LogP contribution in [0.1, 0.15) is 15.9 Å². The van der Waals surface area contributed by atoms with Crippen LogP contribution in [0.15, 0.2) is 60.7 Å². The van der Waals surface area contributed by atoms with Gasteiger partial charge in [-0.1, -0.05) is 30.3 Å². The van der Waals surface area contributed by atoms with Crippen molar-refractivity contribution >= 4 is 17.4 Å². The second-order valence-corrected chi connectivity index (χ2v) is 7.18. The zero-order chi connectivity index (χ0) is 21.1. The van der Waals surface area contributed by atoms with Crippen molar-refractivity contribution in [2.24, 2.45) is 0 Å². The summed E-state index contributed by atoms with van der Waals surface area (Å²) in [6.45, 7) is 4.33. The van der Waals surface area contributed by atoms with E-state index in [1.165, 1.54) is 18.2 Å². The van der Waals surface area contributed by atoms with Crippen molar-refractivity contribution in [1.82, 2.24) is 15.1 Å². The van der Waals surface area contributed by atoms with Gasteiger partial charge in [-0.3, -0.25) is 14.9 Å². The van der Waals surface area contributed by atoms with Crippen molar-refractivity contribution in [2.45, 2.75) is 6.92 Å². The molecule has 0 N–H and O–H groups in total. The molecule has 8 nitrogen and oxygen atoms in total. The molecular formula is C22H21N5O3. The summed E-state index contributed by atoms with van der Waals surface area (Å²) < 4.78 is 0. The molecule has 1 amide bonds. The van der Waals surface area contributed by atoms with Gasteiger partial charge >= 0.3 is 0 Å². The van der Waals surface area contributed by atoms with Crippen LogP contribution >= 0.6 is 0 Å². The molecular weight excluding hydrogens is 382 g/mol. The van der Waals surface area contributed by atoms with Gasteiger partial charge in [0, 0.05) is 49.4 Å². The minimum atomic E-state index is -0.492. The number of nitrogens with zero attached hydrogens (tertiary/aromatic N) is 5. The SMILES string of the molecule is Cc1ccccc1-c1ccc(N2CCN(C(=O)c3cccc([N+](=O)[O-])c3)CC2)nn1. The molecule has 152 valence electrons. The summed E-state index contributed by atoms with van der Waals surface area (Å²) in [4.78, 5) is 27.0. The highest BCUT2D eigenvalue weighted by molar-refractivity contribution is 5.95. The van der Waals surface area contributed by atoms with Crippen molar-refractivity contribution in [3.05, 3.63) is 81.9 Å². The molecule has 0 bridgehead atoms. The quantitative estimate of drug-likeness (QED) is 0.490. The molecule has 2 aromatic carbocycles. The van der Waals surface area contributed by atoms with Gasteiger partial charge in [0.1, 0.15) is 0 Å². The minimum absolute atomic E-state index is 0.0801. The van der Waals surface area contributed by atoms with Crippen LogP contribution in [-0.2, 0) is 0 Å². The van der Waals surface area contributed by atoms with Crippen molar-refractivity contribution in [3.8, 4) is 11.3 Å². The van der Waals surface area contributed by atoms with Crippen LogP contribution in [0.4, 0.5) is 11.5 Å². The van der Waals surface area contributed by atoms with Crippen molar-refractivity contribution < 1.29 is 9.72 Å². The summed E-state index contributed by atoms with van der Waals surface area (Å²) in [6, 6.07) is 17.8. The van der Waals surface area contributed by atoms with E-state index >= 15 is 0 Å². The number of carbonyl (C=O) groups is 1. The largest absolute Gasteiger partial charge is 0.352 e. The Balaban J connectivity index is 1.41. The Morgan fingerprint density at radius 3 is 2.40 bits per heavy atom. The Hall–Kier alpha value is -3.81. The predicted octanol–water partition coefficient (Wildman–Crippen LogP) is 3.32. The number of aromatic nitrogens is 2. The highest BCUT2D eigenvalue weighted by Gasteiger charge is 2.24. The molecule has 8 heteroatoms. The number of aryl methyl sites for hydroxylation is 1. The fourth-order valence-corrected chi connectivity index (χ4v) is 3.57. The van der Waals surface area contributed by atoms with Gasteiger partial charge in [0.05, 0.1) is 10.6 Å². The Morgan fingerprint density at radius 1 is 0.967 bits per heavy atom. The molecule has 3 aromatic rings. The number of nitro benzene ring substituents is 1. The van der Waals surface area contributed by atoms with Crippen LogP contribution < -0.4 is 4.90 Å². The van der Waals surface area contributed by atoms with E-state index in [0.717, 1.165) is 22.6 Å². The van der Waals surface area contributed by atoms with Crippen LogP contribution in [0.2, 0.25) is 0 Å². The number of rotatable bonds is 4. The monoisotopic (exact) mass is 403 g/mol. The molecule has 0 atom stereocenters. The molecule has 1 saturated heterocycles. The zero-order valence-electron chi connectivity index (χ0n) is 16.6. The van der Waals surface area contributed by atoms with Crippen molar-refractivity contribution in [3.63, 3.8) is 0 Å². The van der Waals surface area contributed by atoms with Gasteiger partial charge in [-0.25, -0.2) is 0 Å². The number of hydrogen-bond donors (Lipinski definition) is 0. The Morgan fingerprint density at radius 2 is 1.73 bits per heavy atom. The van der Waals surface area contributed by atoms with Crippen LogP contribution in [-0.4, -0.2) is 52.1 Å². The lowest BCUT2D eigenvalue weighted by Gasteiger charge is -2.35. The van der Waals surface area contributed by atoms with E-state index in [-0.39, 0.29) is 11.6 Å². The number of nitro groups is 1. The summed E-state index contributed by atoms with van der Waals surface area (Å²) in [7, 11) is 0. The first-order valence-corrected chi connectivity index (χ1v) is 9.71. The number of non-ortho nitro benzene ring substituents is 1. The molecule has 0 radical (unpaired) electrons. The summed E-state index contributed by atoms with van der Waals surface area (Å²) >= 11 is 0. The molecule has 1 aromatic heterocycles. The number of anilines is 1. The highest BCUT2D eigenvalue weighted by Crippen LogP contribution is 2.23. The molecule has 4 rings (SSSR count). The predicted molar refractivity (Wildman–Crippen MR) is 113 cm³/mol. The van der Waals surface area contributed by atoms with Crippen LogP contribution in [0.25, 0.3) is 11.3 Å². The van der Waals surface area contributed by atoms with Gasteiger partial charge in [-0.2, -0.15) is 0 Å². The second kappa shape index (κ2) is 8.28. The molecule has 1 fully saturated rings. The van der Waals surface area contributed by atoms with E-state index in [1.807, 2.05) is 43.3 Å². The first kappa shape index (κ1) is 19.5. The second-order valence-electron chi connectivity index (χ2n) is 7.18. The lowest BCUT2D eigenvalue weighted by Crippen LogP contribution is -2.49. The number of piperazine rings is 1. The van der Waals surface area contributed by atoms with E-state index in [0.29, 0.717) is 31.7 Å². The zero-order valence-corrected chi connectivity index (χ0v) is 16.6. The van der Waals surface area contributed by atoms with E-state index in [1.54, 1.807) is 11.0 Å². The van der Waals surface area contributed by atoms with E-state index in [2.05, 4.69) is 15.1 Å². The lowest BCUT2D eigenvalue weighted by atomic mass is 10.1. The maximum absolute atomic E-state index is 12.7. The fraction of sp³-hybridized carbons (Fsp3) is 0.227. The van der Waals surface area contributed by atoms with E-state index in [9.17, 15) is 14.9 Å². The molecule has 0 aliphatic carbocycles. The van der Waals surface area contributed by atoms with Gasteiger partial charge in [-0.05, 0) is 30.7 Å². The molecule has 30 heavy (non-hydrogen) atoms. The third-order valence-electron chi connectivity index (χ3n) is 5.27. The Labute approximate surface area is 173 Å². The first-order chi connectivity index (χ1) is 14.5. The van der Waals surface area contributed by atoms with Crippen LogP contribution in [0.3, 0.4) is 0 Å². The summed E-state index contributed by atoms with van der Waals surface area (Å²) in [6.07, 6.45) is 0. The average molecular weight is 403 g/mol. The third kappa shape index (κ3) is 3.98. The van der Waals surface area contributed by atoms with Crippen LogP contribution in [0, 0.1) is 17.0 Å². The number of hydrogen-bond acceptors (Lipinski definition) is 6. The number of carbonyl (C=O) groups excluding carboxylic acids is 1. The fourth-order valence-electron chi connectivity index (χ4n) is 3.57. The maximum Gasteiger partial charge on any atom is 0.270 e. The van der Waals surface area contributed by atoms with E-state index < -0.39 is 4.92 Å². The highest BCUT2D eigenvalue weighted by atomic mass is 16.6. The smallest absolute Gasteiger partial charge is 0.270 e. The molecule has 0 spiro atoms. The molecule has 2 heterocycles. The summed E-state index contributed by atoms with van der Waals surface area (Å²) in [5.41, 5.74) is 3.29. The molecule has 1 aliphatic rings. The lowest BCUT2D eigenvalue weighted by molar-refractivity contribution is -0.384. The average Bonchev–Trinajstić information content (AvgIpc) is 2.79. The molecule has 0 unspecified atom stereocenters. The Kier molecular flexibility index (Phi) is 5.38. The standard InChI is InChI=1S/C22H21N5O3/c1-16-5-2-3-8-19(16)20-9-10-21(24-23-20)25-11-13-26(14-12-25)22(28)17-6-4-7-18(15-17)27(29)30/h2-10,15H,11-14H2,1H3. The van der Waals surface area contributed by atoms with Gasteiger partial charge in [-0.15, -0.1) is 10.2 Å². The summed E-state index contributed by atoms with van der Waals surface area (Å²) in [5.74, 6) is 0.578. The summed E-state index contributed by atoms with van der Waals surface area (Å²) in [5, 5.41) is 19.7. The normalized spacial score (nSPS) is 13.9. The third-order valence-corrected chi connectivity index (χ3v) is 5.27. The number of benzene rings is 2. The molecule has 1 aliphatic heterocycles. The maximum atomic E-state index is 12.7. The van der Waals surface area contributed by atoms with Gasteiger partial charge < -0.3 is 9.80 Å². The van der Waals surface area contributed by atoms with Gasteiger partial charge in [0.15, 0.2) is 5.82 Å². The Bertz CT molecular complexity index is 1080. The van der Waals surface area contributed by atoms with Crippen molar-refractivity contribution in [1.29, 1.82) is 0 Å². The first-order valence-electron chi connectivity index (χ1n) is 9.71. The number of amides is 1. The minimum Gasteiger partial charge on any atom is -0.352 e. The molecule has 0 saturated carbocycles. The van der Waals surface area contributed by atoms with Crippen LogP contribution in [0.5, 0.6) is 0 Å². The van der Waals surface area contributed by atoms with Crippen molar-refractivity contribution in [2.75, 3.05) is 31.1 Å². The topological polar surface area (TPSA) is 92.5 Å². The van der Waals surface area contributed by atoms with E-state index in [4.69, 9.17) is 0 Å². The van der Waals surface area contributed by atoms with Gasteiger partial charge in [0.25, 0.3) is 11.6 Å². The van der Waals surface area contributed by atoms with Gasteiger partial charge in [0.2, 0.25) is 0 Å².